The van der Waals surface area contributed by atoms with Crippen molar-refractivity contribution in [2.24, 2.45) is 34.5 Å². The standard InChI is InChI=1S/C28H36O5S/c1-17-5-8-21(9-6-17)34(31,32)33-25-16-28(4)23(18(2)29)11-12-24(28)22-10-7-19-15-20(30)13-14-27(19,3)26(22)25/h5-6,8-9,15,22-26H,7,10-14,16H2,1-4H3. The van der Waals surface area contributed by atoms with Gasteiger partial charge in [0.2, 0.25) is 0 Å². The molecule has 7 unspecified atom stereocenters. The Morgan fingerprint density at radius 1 is 1.06 bits per heavy atom. The van der Waals surface area contributed by atoms with Crippen LogP contribution in [0.3, 0.4) is 0 Å². The lowest BCUT2D eigenvalue weighted by molar-refractivity contribution is -0.139. The third-order valence-electron chi connectivity index (χ3n) is 9.92. The van der Waals surface area contributed by atoms with E-state index in [0.717, 1.165) is 43.2 Å². The van der Waals surface area contributed by atoms with Gasteiger partial charge in [-0.05, 0) is 99.2 Å². The van der Waals surface area contributed by atoms with Crippen molar-refractivity contribution < 1.29 is 22.2 Å². The first-order chi connectivity index (χ1) is 16.0. The minimum absolute atomic E-state index is 0.0182. The molecule has 3 fully saturated rings. The highest BCUT2D eigenvalue weighted by molar-refractivity contribution is 7.86. The molecule has 7 atom stereocenters. The SMILES string of the molecule is CC(=O)C1CCC2C3CCC4=CC(=O)CCC4(C)C3C(OS(=O)(=O)c3ccc(C)cc3)CC12C. The van der Waals surface area contributed by atoms with Crippen LogP contribution in [0.25, 0.3) is 0 Å². The van der Waals surface area contributed by atoms with Gasteiger partial charge in [-0.1, -0.05) is 37.1 Å². The summed E-state index contributed by atoms with van der Waals surface area (Å²) < 4.78 is 33.1. The molecule has 184 valence electrons. The Balaban J connectivity index is 1.58. The maximum Gasteiger partial charge on any atom is 0.297 e. The summed E-state index contributed by atoms with van der Waals surface area (Å²) in [5.74, 6) is 1.01. The number of rotatable bonds is 4. The summed E-state index contributed by atoms with van der Waals surface area (Å²) in [6.07, 6.45) is 6.79. The van der Waals surface area contributed by atoms with Crippen molar-refractivity contribution in [1.82, 2.24) is 0 Å². The summed E-state index contributed by atoms with van der Waals surface area (Å²) in [4.78, 5) is 25.1. The zero-order chi connectivity index (χ0) is 24.5. The molecule has 0 aliphatic heterocycles. The van der Waals surface area contributed by atoms with E-state index in [-0.39, 0.29) is 45.0 Å². The maximum atomic E-state index is 13.5. The molecular formula is C28H36O5S. The van der Waals surface area contributed by atoms with Crippen LogP contribution in [-0.2, 0) is 23.9 Å². The van der Waals surface area contributed by atoms with Crippen LogP contribution >= 0.6 is 0 Å². The Bertz CT molecular complexity index is 1150. The van der Waals surface area contributed by atoms with E-state index in [1.165, 1.54) is 0 Å². The smallest absolute Gasteiger partial charge is 0.297 e. The van der Waals surface area contributed by atoms with Gasteiger partial charge < -0.3 is 0 Å². The first-order valence-electron chi connectivity index (χ1n) is 12.7. The molecule has 0 heterocycles. The molecule has 0 amide bonds. The van der Waals surface area contributed by atoms with Crippen LogP contribution in [0.5, 0.6) is 0 Å². The third-order valence-corrected chi connectivity index (χ3v) is 11.3. The van der Waals surface area contributed by atoms with Crippen molar-refractivity contribution in [3.63, 3.8) is 0 Å². The Morgan fingerprint density at radius 3 is 2.44 bits per heavy atom. The Labute approximate surface area is 203 Å². The molecule has 4 aliphatic rings. The summed E-state index contributed by atoms with van der Waals surface area (Å²) in [7, 11) is -3.97. The molecule has 0 saturated heterocycles. The number of carbonyl (C=O) groups is 2. The van der Waals surface area contributed by atoms with Crippen molar-refractivity contribution in [1.29, 1.82) is 0 Å². The van der Waals surface area contributed by atoms with E-state index < -0.39 is 16.2 Å². The number of allylic oxidation sites excluding steroid dienone is 1. The van der Waals surface area contributed by atoms with Crippen molar-refractivity contribution in [3.05, 3.63) is 41.5 Å². The monoisotopic (exact) mass is 484 g/mol. The number of benzene rings is 1. The summed E-state index contributed by atoms with van der Waals surface area (Å²) in [5.41, 5.74) is 1.64. The van der Waals surface area contributed by atoms with Crippen LogP contribution < -0.4 is 0 Å². The third kappa shape index (κ3) is 3.63. The topological polar surface area (TPSA) is 77.5 Å². The molecule has 34 heavy (non-hydrogen) atoms. The van der Waals surface area contributed by atoms with Gasteiger partial charge >= 0.3 is 0 Å². The van der Waals surface area contributed by atoms with Gasteiger partial charge in [0, 0.05) is 12.3 Å². The lowest BCUT2D eigenvalue weighted by Gasteiger charge is -2.60. The van der Waals surface area contributed by atoms with Crippen molar-refractivity contribution >= 4 is 21.7 Å². The van der Waals surface area contributed by atoms with Crippen LogP contribution in [0, 0.1) is 41.4 Å². The molecule has 4 aliphatic carbocycles. The maximum absolute atomic E-state index is 13.5. The van der Waals surface area contributed by atoms with Gasteiger partial charge in [0.15, 0.2) is 5.78 Å². The molecule has 1 aromatic rings. The molecule has 5 nitrogen and oxygen atoms in total. The molecule has 0 aromatic heterocycles. The second-order valence-corrected chi connectivity index (χ2v) is 13.3. The lowest BCUT2D eigenvalue weighted by atomic mass is 9.46. The van der Waals surface area contributed by atoms with Gasteiger partial charge in [-0.25, -0.2) is 0 Å². The molecule has 0 radical (unpaired) electrons. The molecule has 0 spiro atoms. The number of fused-ring (bicyclic) bond motifs is 5. The van der Waals surface area contributed by atoms with E-state index >= 15 is 0 Å². The Morgan fingerprint density at radius 2 is 1.76 bits per heavy atom. The largest absolute Gasteiger partial charge is 0.300 e. The van der Waals surface area contributed by atoms with Crippen molar-refractivity contribution in [2.75, 3.05) is 0 Å². The number of carbonyl (C=O) groups excluding carboxylic acids is 2. The predicted octanol–water partition coefficient (Wildman–Crippen LogP) is 5.42. The molecule has 5 rings (SSSR count). The minimum Gasteiger partial charge on any atom is -0.300 e. The van der Waals surface area contributed by atoms with Gasteiger partial charge in [0.05, 0.1) is 11.0 Å². The van der Waals surface area contributed by atoms with Gasteiger partial charge in [-0.15, -0.1) is 0 Å². The van der Waals surface area contributed by atoms with E-state index in [2.05, 4.69) is 13.8 Å². The highest BCUT2D eigenvalue weighted by Crippen LogP contribution is 2.67. The van der Waals surface area contributed by atoms with E-state index in [1.54, 1.807) is 31.2 Å². The molecule has 0 N–H and O–H groups in total. The lowest BCUT2D eigenvalue weighted by Crippen LogP contribution is -2.57. The second-order valence-electron chi connectivity index (χ2n) is 11.7. The molecular weight excluding hydrogens is 448 g/mol. The quantitative estimate of drug-likeness (QED) is 0.534. The van der Waals surface area contributed by atoms with Crippen LogP contribution in [-0.4, -0.2) is 26.1 Å². The number of aryl methyl sites for hydroxylation is 1. The highest BCUT2D eigenvalue weighted by Gasteiger charge is 2.63. The Kier molecular flexibility index (Phi) is 5.72. The molecule has 0 bridgehead atoms. The zero-order valence-electron chi connectivity index (χ0n) is 20.7. The summed E-state index contributed by atoms with van der Waals surface area (Å²) in [6, 6.07) is 6.79. The first kappa shape index (κ1) is 23.9. The van der Waals surface area contributed by atoms with Crippen LogP contribution in [0.1, 0.15) is 71.3 Å². The average molecular weight is 485 g/mol. The van der Waals surface area contributed by atoms with Crippen LogP contribution in [0.15, 0.2) is 40.8 Å². The van der Waals surface area contributed by atoms with Gasteiger partial charge in [0.1, 0.15) is 5.78 Å². The summed E-state index contributed by atoms with van der Waals surface area (Å²) in [6.45, 7) is 8.02. The summed E-state index contributed by atoms with van der Waals surface area (Å²) in [5, 5.41) is 0. The average Bonchev–Trinajstić information content (AvgIpc) is 3.11. The zero-order valence-corrected chi connectivity index (χ0v) is 21.5. The van der Waals surface area contributed by atoms with Gasteiger partial charge in [0.25, 0.3) is 10.1 Å². The highest BCUT2D eigenvalue weighted by atomic mass is 32.2. The fourth-order valence-corrected chi connectivity index (χ4v) is 9.42. The van der Waals surface area contributed by atoms with E-state index in [4.69, 9.17) is 4.18 Å². The molecule has 3 saturated carbocycles. The van der Waals surface area contributed by atoms with E-state index in [1.807, 2.05) is 13.0 Å². The summed E-state index contributed by atoms with van der Waals surface area (Å²) >= 11 is 0. The number of ketones is 2. The normalized spacial score (nSPS) is 39.6. The minimum atomic E-state index is -3.97. The van der Waals surface area contributed by atoms with Gasteiger partial charge in [-0.3, -0.25) is 13.8 Å². The number of hydrogen-bond donors (Lipinski definition) is 0. The van der Waals surface area contributed by atoms with Crippen molar-refractivity contribution in [3.8, 4) is 0 Å². The number of hydrogen-bond acceptors (Lipinski definition) is 5. The van der Waals surface area contributed by atoms with E-state index in [9.17, 15) is 18.0 Å². The fourth-order valence-electron chi connectivity index (χ4n) is 8.33. The fraction of sp³-hybridized carbons (Fsp3) is 0.643. The second kappa shape index (κ2) is 8.12. The molecule has 6 heteroatoms. The predicted molar refractivity (Wildman–Crippen MR) is 130 cm³/mol. The first-order valence-corrected chi connectivity index (χ1v) is 14.1. The van der Waals surface area contributed by atoms with Crippen molar-refractivity contribution in [2.45, 2.75) is 83.6 Å². The number of Topliss-reactive ketones (excluding diaryl/α,β-unsaturated/α-hetero) is 1. The van der Waals surface area contributed by atoms with Gasteiger partial charge in [-0.2, -0.15) is 8.42 Å². The molecule has 1 aromatic carbocycles. The van der Waals surface area contributed by atoms with Crippen LogP contribution in [0.2, 0.25) is 0 Å². The van der Waals surface area contributed by atoms with Crippen LogP contribution in [0.4, 0.5) is 0 Å². The Hall–Kier alpha value is -1.79. The van der Waals surface area contributed by atoms with E-state index in [0.29, 0.717) is 18.8 Å².